The number of nitrogens with zero attached hydrogens (tertiary/aromatic N) is 1. The smallest absolute Gasteiger partial charge is 0.341 e. The number of ether oxygens (including phenoxy) is 1. The number of carboxylic acids is 1. The number of aliphatic carboxylic acids is 1. The minimum atomic E-state index is -1.12. The van der Waals surface area contributed by atoms with Crippen molar-refractivity contribution in [1.82, 2.24) is 0 Å². The van der Waals surface area contributed by atoms with Gasteiger partial charge in [-0.25, -0.2) is 4.79 Å². The largest absolute Gasteiger partial charge is 0.481 e. The molecule has 2 N–H and O–H groups in total. The summed E-state index contributed by atoms with van der Waals surface area (Å²) in [5, 5.41) is 20.6. The average Bonchev–Trinajstić information content (AvgIpc) is 2.60. The van der Waals surface area contributed by atoms with Gasteiger partial charge in [0.05, 0.1) is 5.69 Å². The summed E-state index contributed by atoms with van der Waals surface area (Å²) in [6.07, 6.45) is 1.35. The molecule has 2 aromatic carbocycles. The van der Waals surface area contributed by atoms with E-state index in [1.807, 2.05) is 6.07 Å². The predicted octanol–water partition coefficient (Wildman–Crippen LogP) is 3.46. The highest BCUT2D eigenvalue weighted by atomic mass is 79.9. The first-order valence-corrected chi connectivity index (χ1v) is 7.92. The summed E-state index contributed by atoms with van der Waals surface area (Å²) >= 11 is 3.32. The van der Waals surface area contributed by atoms with E-state index in [9.17, 15) is 14.9 Å². The fourth-order valence-corrected chi connectivity index (χ4v) is 2.31. The van der Waals surface area contributed by atoms with Crippen LogP contribution in [0.2, 0.25) is 0 Å². The van der Waals surface area contributed by atoms with E-state index < -0.39 is 18.5 Å². The maximum atomic E-state index is 12.3. The van der Waals surface area contributed by atoms with Crippen molar-refractivity contribution >= 4 is 39.6 Å². The standard InChI is InChI=1S/C18H13BrN2O4/c19-14-6-2-3-7-15(14)21-18(24)13(10-20)9-12-5-1-4-8-16(12)25-11-17(22)23/h1-9H,11H2,(H,21,24)(H,22,23). The number of benzene rings is 2. The molecule has 0 radical (unpaired) electrons. The van der Waals surface area contributed by atoms with Gasteiger partial charge in [0, 0.05) is 10.0 Å². The van der Waals surface area contributed by atoms with Crippen molar-refractivity contribution in [3.8, 4) is 11.8 Å². The Morgan fingerprint density at radius 2 is 1.88 bits per heavy atom. The van der Waals surface area contributed by atoms with Gasteiger partial charge in [0.25, 0.3) is 5.91 Å². The molecule has 126 valence electrons. The highest BCUT2D eigenvalue weighted by Crippen LogP contribution is 2.24. The molecule has 7 heteroatoms. The highest BCUT2D eigenvalue weighted by Gasteiger charge is 2.13. The molecular weight excluding hydrogens is 388 g/mol. The molecule has 2 aromatic rings. The zero-order valence-corrected chi connectivity index (χ0v) is 14.5. The molecule has 0 aliphatic heterocycles. The SMILES string of the molecule is N#CC(=Cc1ccccc1OCC(=O)O)C(=O)Nc1ccccc1Br. The van der Waals surface area contributed by atoms with Crippen molar-refractivity contribution in [2.24, 2.45) is 0 Å². The normalized spacial score (nSPS) is 10.6. The second-order valence-corrected chi connectivity index (χ2v) is 5.68. The predicted molar refractivity (Wildman–Crippen MR) is 95.9 cm³/mol. The van der Waals surface area contributed by atoms with E-state index in [0.717, 1.165) is 0 Å². The van der Waals surface area contributed by atoms with Crippen molar-refractivity contribution in [2.45, 2.75) is 0 Å². The lowest BCUT2D eigenvalue weighted by Crippen LogP contribution is -2.14. The number of carbonyl (C=O) groups excluding carboxylic acids is 1. The molecule has 0 aromatic heterocycles. The lowest BCUT2D eigenvalue weighted by molar-refractivity contribution is -0.139. The van der Waals surface area contributed by atoms with Crippen LogP contribution in [0.4, 0.5) is 5.69 Å². The number of amides is 1. The Morgan fingerprint density at radius 3 is 2.56 bits per heavy atom. The molecule has 6 nitrogen and oxygen atoms in total. The van der Waals surface area contributed by atoms with Crippen LogP contribution < -0.4 is 10.1 Å². The van der Waals surface area contributed by atoms with Gasteiger partial charge in [-0.2, -0.15) is 5.26 Å². The molecule has 25 heavy (non-hydrogen) atoms. The molecule has 0 aliphatic carbocycles. The lowest BCUT2D eigenvalue weighted by Gasteiger charge is -2.08. The Bertz CT molecular complexity index is 871. The summed E-state index contributed by atoms with van der Waals surface area (Å²) in [6, 6.07) is 15.4. The first-order valence-electron chi connectivity index (χ1n) is 7.12. The first kappa shape index (κ1) is 18.2. The molecular formula is C18H13BrN2O4. The molecule has 0 aliphatic rings. The number of halogens is 1. The van der Waals surface area contributed by atoms with Crippen LogP contribution in [-0.2, 0) is 9.59 Å². The summed E-state index contributed by atoms with van der Waals surface area (Å²) in [7, 11) is 0. The second kappa shape index (κ2) is 8.66. The summed E-state index contributed by atoms with van der Waals surface area (Å²) < 4.78 is 5.85. The van der Waals surface area contributed by atoms with Crippen molar-refractivity contribution in [2.75, 3.05) is 11.9 Å². The Balaban J connectivity index is 2.25. The van der Waals surface area contributed by atoms with Crippen LogP contribution >= 0.6 is 15.9 Å². The third-order valence-corrected chi connectivity index (χ3v) is 3.75. The molecule has 2 rings (SSSR count). The quantitative estimate of drug-likeness (QED) is 0.571. The van der Waals surface area contributed by atoms with Crippen LogP contribution in [0.15, 0.2) is 58.6 Å². The van der Waals surface area contributed by atoms with E-state index in [1.165, 1.54) is 6.08 Å². The number of carboxylic acid groups (broad SMARTS) is 1. The molecule has 0 bridgehead atoms. The number of para-hydroxylation sites is 2. The zero-order valence-electron chi connectivity index (χ0n) is 12.9. The fourth-order valence-electron chi connectivity index (χ4n) is 1.93. The Morgan fingerprint density at radius 1 is 1.20 bits per heavy atom. The van der Waals surface area contributed by atoms with Gasteiger partial charge in [-0.1, -0.05) is 30.3 Å². The summed E-state index contributed by atoms with van der Waals surface area (Å²) in [4.78, 5) is 23.0. The topological polar surface area (TPSA) is 99.4 Å². The number of carbonyl (C=O) groups is 2. The molecule has 0 heterocycles. The minimum Gasteiger partial charge on any atom is -0.481 e. The number of anilines is 1. The third-order valence-electron chi connectivity index (χ3n) is 3.06. The monoisotopic (exact) mass is 400 g/mol. The van der Waals surface area contributed by atoms with Gasteiger partial charge in [-0.3, -0.25) is 4.79 Å². The van der Waals surface area contributed by atoms with Crippen LogP contribution in [0.1, 0.15) is 5.56 Å². The molecule has 0 spiro atoms. The van der Waals surface area contributed by atoms with Gasteiger partial charge in [-0.05, 0) is 40.2 Å². The number of hydrogen-bond acceptors (Lipinski definition) is 4. The maximum Gasteiger partial charge on any atom is 0.341 e. The lowest BCUT2D eigenvalue weighted by atomic mass is 10.1. The average molecular weight is 401 g/mol. The van der Waals surface area contributed by atoms with Gasteiger partial charge in [-0.15, -0.1) is 0 Å². The van der Waals surface area contributed by atoms with Crippen LogP contribution in [0.25, 0.3) is 6.08 Å². The molecule has 0 saturated carbocycles. The summed E-state index contributed by atoms with van der Waals surface area (Å²) in [5.41, 5.74) is 0.828. The van der Waals surface area contributed by atoms with Crippen LogP contribution in [-0.4, -0.2) is 23.6 Å². The van der Waals surface area contributed by atoms with Crippen LogP contribution in [0.5, 0.6) is 5.75 Å². The maximum absolute atomic E-state index is 12.3. The Kier molecular flexibility index (Phi) is 6.32. The molecule has 0 saturated heterocycles. The van der Waals surface area contributed by atoms with E-state index in [0.29, 0.717) is 15.7 Å². The third kappa shape index (κ3) is 5.19. The van der Waals surface area contributed by atoms with Gasteiger partial charge >= 0.3 is 5.97 Å². The molecule has 1 amide bonds. The van der Waals surface area contributed by atoms with Gasteiger partial charge in [0.1, 0.15) is 17.4 Å². The van der Waals surface area contributed by atoms with Crippen molar-refractivity contribution < 1.29 is 19.4 Å². The van der Waals surface area contributed by atoms with Gasteiger partial charge in [0.2, 0.25) is 0 Å². The molecule has 0 unspecified atom stereocenters. The molecule has 0 fully saturated rings. The highest BCUT2D eigenvalue weighted by molar-refractivity contribution is 9.10. The number of rotatable bonds is 6. The fraction of sp³-hybridized carbons (Fsp3) is 0.0556. The van der Waals surface area contributed by atoms with E-state index in [2.05, 4.69) is 21.2 Å². The van der Waals surface area contributed by atoms with Gasteiger partial charge < -0.3 is 15.2 Å². The van der Waals surface area contributed by atoms with Crippen molar-refractivity contribution in [3.63, 3.8) is 0 Å². The Labute approximate surface area is 152 Å². The number of nitriles is 1. The van der Waals surface area contributed by atoms with E-state index in [-0.39, 0.29) is 11.3 Å². The molecule has 0 atom stereocenters. The van der Waals surface area contributed by atoms with Crippen LogP contribution in [0, 0.1) is 11.3 Å². The summed E-state index contributed by atoms with van der Waals surface area (Å²) in [5.74, 6) is -1.43. The van der Waals surface area contributed by atoms with Crippen molar-refractivity contribution in [1.29, 1.82) is 5.26 Å². The van der Waals surface area contributed by atoms with Gasteiger partial charge in [0.15, 0.2) is 6.61 Å². The van der Waals surface area contributed by atoms with E-state index in [1.54, 1.807) is 48.5 Å². The summed E-state index contributed by atoms with van der Waals surface area (Å²) in [6.45, 7) is -0.518. The van der Waals surface area contributed by atoms with Crippen molar-refractivity contribution in [3.05, 3.63) is 64.1 Å². The van der Waals surface area contributed by atoms with Crippen LogP contribution in [0.3, 0.4) is 0 Å². The second-order valence-electron chi connectivity index (χ2n) is 4.82. The zero-order chi connectivity index (χ0) is 18.2. The minimum absolute atomic E-state index is 0.137. The van der Waals surface area contributed by atoms with E-state index in [4.69, 9.17) is 9.84 Å². The number of nitrogens with one attached hydrogen (secondary N) is 1. The first-order chi connectivity index (χ1) is 12.0. The Hall–Kier alpha value is -3.11. The number of hydrogen-bond donors (Lipinski definition) is 2. The van der Waals surface area contributed by atoms with E-state index >= 15 is 0 Å².